The first-order valence-corrected chi connectivity index (χ1v) is 9.99. The van der Waals surface area contributed by atoms with Crippen LogP contribution >= 0.6 is 0 Å². The molecule has 2 aliphatic heterocycles. The minimum Gasteiger partial charge on any atom is -0.454 e. The number of nitrogens with zero attached hydrogens (tertiary/aromatic N) is 1. The van der Waals surface area contributed by atoms with Crippen LogP contribution in [0.2, 0.25) is 0 Å². The Kier molecular flexibility index (Phi) is 5.13. The third-order valence-corrected chi connectivity index (χ3v) is 5.92. The first-order valence-electron chi connectivity index (χ1n) is 8.17. The smallest absolute Gasteiger partial charge is 0.231 e. The van der Waals surface area contributed by atoms with Crippen molar-refractivity contribution in [2.24, 2.45) is 10.9 Å². The molecular formula is C16H23N3O4S. The number of sulfone groups is 1. The summed E-state index contributed by atoms with van der Waals surface area (Å²) in [6.45, 7) is 4.13. The summed E-state index contributed by atoms with van der Waals surface area (Å²) >= 11 is 0. The average molecular weight is 353 g/mol. The fourth-order valence-corrected chi connectivity index (χ4v) is 4.69. The van der Waals surface area contributed by atoms with Gasteiger partial charge in [-0.05, 0) is 37.0 Å². The lowest BCUT2D eigenvalue weighted by Gasteiger charge is -2.14. The molecule has 1 unspecified atom stereocenters. The van der Waals surface area contributed by atoms with Crippen molar-refractivity contribution in [1.29, 1.82) is 0 Å². The molecule has 1 saturated heterocycles. The van der Waals surface area contributed by atoms with Crippen molar-refractivity contribution in [3.63, 3.8) is 0 Å². The van der Waals surface area contributed by atoms with Gasteiger partial charge in [-0.3, -0.25) is 0 Å². The third kappa shape index (κ3) is 4.31. The second kappa shape index (κ2) is 7.29. The van der Waals surface area contributed by atoms with Gasteiger partial charge in [-0.1, -0.05) is 6.07 Å². The van der Waals surface area contributed by atoms with Gasteiger partial charge in [0.15, 0.2) is 27.3 Å². The van der Waals surface area contributed by atoms with E-state index in [4.69, 9.17) is 9.47 Å². The maximum Gasteiger partial charge on any atom is 0.231 e. The van der Waals surface area contributed by atoms with Crippen LogP contribution in [0.3, 0.4) is 0 Å². The Labute approximate surface area is 142 Å². The zero-order chi connectivity index (χ0) is 17.0. The van der Waals surface area contributed by atoms with E-state index >= 15 is 0 Å². The van der Waals surface area contributed by atoms with Crippen LogP contribution in [0.25, 0.3) is 0 Å². The molecule has 7 nitrogen and oxygen atoms in total. The van der Waals surface area contributed by atoms with Crippen LogP contribution in [0.5, 0.6) is 11.5 Å². The van der Waals surface area contributed by atoms with Gasteiger partial charge < -0.3 is 20.1 Å². The molecule has 0 amide bonds. The van der Waals surface area contributed by atoms with Gasteiger partial charge in [0, 0.05) is 13.1 Å². The molecule has 2 heterocycles. The predicted octanol–water partition coefficient (Wildman–Crippen LogP) is 0.905. The molecule has 0 bridgehead atoms. The normalized spacial score (nSPS) is 21.7. The molecule has 0 spiro atoms. The van der Waals surface area contributed by atoms with Gasteiger partial charge in [-0.25, -0.2) is 13.4 Å². The second-order valence-electron chi connectivity index (χ2n) is 6.03. The van der Waals surface area contributed by atoms with E-state index in [1.54, 1.807) is 0 Å². The topological polar surface area (TPSA) is 89.0 Å². The fraction of sp³-hybridized carbons (Fsp3) is 0.562. The Morgan fingerprint density at radius 1 is 1.29 bits per heavy atom. The lowest BCUT2D eigenvalue weighted by Crippen LogP contribution is -2.40. The minimum absolute atomic E-state index is 0.157. The number of benzene rings is 1. The van der Waals surface area contributed by atoms with E-state index in [0.717, 1.165) is 30.0 Å². The van der Waals surface area contributed by atoms with Crippen LogP contribution in [0.1, 0.15) is 18.9 Å². The number of ether oxygens (including phenoxy) is 2. The third-order valence-electron chi connectivity index (χ3n) is 4.09. The molecule has 24 heavy (non-hydrogen) atoms. The zero-order valence-electron chi connectivity index (χ0n) is 13.7. The van der Waals surface area contributed by atoms with Crippen molar-refractivity contribution in [3.8, 4) is 11.5 Å². The second-order valence-corrected chi connectivity index (χ2v) is 8.26. The summed E-state index contributed by atoms with van der Waals surface area (Å²) in [6.07, 6.45) is 0.719. The Morgan fingerprint density at radius 2 is 2.12 bits per heavy atom. The van der Waals surface area contributed by atoms with E-state index in [0.29, 0.717) is 24.8 Å². The van der Waals surface area contributed by atoms with Crippen LogP contribution in [-0.2, 0) is 16.4 Å². The largest absolute Gasteiger partial charge is 0.454 e. The monoisotopic (exact) mass is 353 g/mol. The number of guanidine groups is 1. The molecule has 0 radical (unpaired) electrons. The van der Waals surface area contributed by atoms with Crippen molar-refractivity contribution < 1.29 is 17.9 Å². The number of fused-ring (bicyclic) bond motifs is 1. The Morgan fingerprint density at radius 3 is 2.88 bits per heavy atom. The van der Waals surface area contributed by atoms with Gasteiger partial charge in [0.2, 0.25) is 6.79 Å². The number of rotatable bonds is 5. The molecule has 8 heteroatoms. The fourth-order valence-electron chi connectivity index (χ4n) is 2.83. The van der Waals surface area contributed by atoms with Gasteiger partial charge >= 0.3 is 0 Å². The molecule has 2 aliphatic rings. The summed E-state index contributed by atoms with van der Waals surface area (Å²) in [6, 6.07) is 5.78. The molecule has 2 N–H and O–H groups in total. The van der Waals surface area contributed by atoms with Gasteiger partial charge in [-0.2, -0.15) is 0 Å². The van der Waals surface area contributed by atoms with Gasteiger partial charge in [0.25, 0.3) is 0 Å². The molecule has 3 rings (SSSR count). The van der Waals surface area contributed by atoms with Crippen molar-refractivity contribution in [3.05, 3.63) is 23.8 Å². The summed E-state index contributed by atoms with van der Waals surface area (Å²) in [4.78, 5) is 4.56. The molecule has 0 aliphatic carbocycles. The SMILES string of the molecule is CCNC(=NCc1ccc2c(c1)OCO2)NCC1CCS(=O)(=O)C1. The molecule has 1 fully saturated rings. The molecule has 0 saturated carbocycles. The van der Waals surface area contributed by atoms with E-state index in [-0.39, 0.29) is 18.5 Å². The maximum absolute atomic E-state index is 11.5. The maximum atomic E-state index is 11.5. The van der Waals surface area contributed by atoms with Crippen molar-refractivity contribution in [2.45, 2.75) is 19.9 Å². The highest BCUT2D eigenvalue weighted by atomic mass is 32.2. The lowest BCUT2D eigenvalue weighted by atomic mass is 10.1. The zero-order valence-corrected chi connectivity index (χ0v) is 14.6. The van der Waals surface area contributed by atoms with Gasteiger partial charge in [-0.15, -0.1) is 0 Å². The highest BCUT2D eigenvalue weighted by molar-refractivity contribution is 7.91. The van der Waals surface area contributed by atoms with Crippen LogP contribution < -0.4 is 20.1 Å². The molecule has 1 aromatic rings. The van der Waals surface area contributed by atoms with Crippen LogP contribution in [-0.4, -0.2) is 45.8 Å². The highest BCUT2D eigenvalue weighted by Crippen LogP contribution is 2.32. The lowest BCUT2D eigenvalue weighted by molar-refractivity contribution is 0.174. The summed E-state index contributed by atoms with van der Waals surface area (Å²) in [5.74, 6) is 2.92. The molecule has 0 aromatic heterocycles. The van der Waals surface area contributed by atoms with Gasteiger partial charge in [0.1, 0.15) is 0 Å². The quantitative estimate of drug-likeness (QED) is 0.604. The van der Waals surface area contributed by atoms with E-state index in [9.17, 15) is 8.42 Å². The van der Waals surface area contributed by atoms with E-state index < -0.39 is 9.84 Å². The average Bonchev–Trinajstić information content (AvgIpc) is 3.15. The van der Waals surface area contributed by atoms with E-state index in [2.05, 4.69) is 15.6 Å². The molecule has 132 valence electrons. The van der Waals surface area contributed by atoms with Crippen LogP contribution in [0, 0.1) is 5.92 Å². The Hall–Kier alpha value is -1.96. The number of aliphatic imine (C=N–C) groups is 1. The summed E-state index contributed by atoms with van der Waals surface area (Å²) in [5.41, 5.74) is 1.03. The standard InChI is InChI=1S/C16H23N3O4S/c1-2-17-16(19-9-13-5-6-24(20,21)10-13)18-8-12-3-4-14-15(7-12)23-11-22-14/h3-4,7,13H,2,5-6,8-11H2,1H3,(H2,17,18,19). The minimum atomic E-state index is -2.84. The molecular weight excluding hydrogens is 330 g/mol. The molecule has 1 atom stereocenters. The molecule has 1 aromatic carbocycles. The van der Waals surface area contributed by atoms with E-state index in [1.165, 1.54) is 0 Å². The first kappa shape index (κ1) is 16.9. The highest BCUT2D eigenvalue weighted by Gasteiger charge is 2.27. The van der Waals surface area contributed by atoms with E-state index in [1.807, 2.05) is 25.1 Å². The number of hydrogen-bond donors (Lipinski definition) is 2. The predicted molar refractivity (Wildman–Crippen MR) is 92.1 cm³/mol. The summed E-state index contributed by atoms with van der Waals surface area (Å²) < 4.78 is 33.7. The van der Waals surface area contributed by atoms with Crippen molar-refractivity contribution in [2.75, 3.05) is 31.4 Å². The Balaban J connectivity index is 1.57. The van der Waals surface area contributed by atoms with Crippen LogP contribution in [0.15, 0.2) is 23.2 Å². The summed E-state index contributed by atoms with van der Waals surface area (Å²) in [5, 5.41) is 6.42. The van der Waals surface area contributed by atoms with Crippen molar-refractivity contribution >= 4 is 15.8 Å². The number of hydrogen-bond acceptors (Lipinski definition) is 5. The Bertz CT molecular complexity index is 718. The van der Waals surface area contributed by atoms with Crippen LogP contribution in [0.4, 0.5) is 0 Å². The number of nitrogens with one attached hydrogen (secondary N) is 2. The van der Waals surface area contributed by atoms with Gasteiger partial charge in [0.05, 0.1) is 18.1 Å². The first-order chi connectivity index (χ1) is 11.6. The van der Waals surface area contributed by atoms with Crippen molar-refractivity contribution in [1.82, 2.24) is 10.6 Å². The summed E-state index contributed by atoms with van der Waals surface area (Å²) in [7, 11) is -2.84.